The maximum atomic E-state index is 12.4. The quantitative estimate of drug-likeness (QED) is 0.884. The fourth-order valence-electron chi connectivity index (χ4n) is 2.68. The molecular formula is C16H24N2O. The van der Waals surface area contributed by atoms with E-state index in [0.29, 0.717) is 0 Å². The average Bonchev–Trinajstić information content (AvgIpc) is 2.35. The van der Waals surface area contributed by atoms with Gasteiger partial charge in [-0.1, -0.05) is 45.0 Å². The van der Waals surface area contributed by atoms with Gasteiger partial charge in [-0.25, -0.2) is 0 Å². The van der Waals surface area contributed by atoms with E-state index in [1.165, 1.54) is 11.1 Å². The van der Waals surface area contributed by atoms with E-state index < -0.39 is 0 Å². The molecule has 2 rings (SSSR count). The zero-order valence-electron chi connectivity index (χ0n) is 12.4. The first-order chi connectivity index (χ1) is 8.87. The first kappa shape index (κ1) is 14.1. The second-order valence-corrected chi connectivity index (χ2v) is 6.66. The summed E-state index contributed by atoms with van der Waals surface area (Å²) in [7, 11) is 1.90. The van der Waals surface area contributed by atoms with E-state index in [9.17, 15) is 4.79 Å². The number of nitrogens with one attached hydrogen (secondary N) is 1. The number of carbonyl (C=O) groups excluding carboxylic acids is 1. The van der Waals surface area contributed by atoms with Crippen LogP contribution in [0.5, 0.6) is 0 Å². The van der Waals surface area contributed by atoms with Gasteiger partial charge in [-0.15, -0.1) is 0 Å². The Bertz CT molecular complexity index is 462. The molecular weight excluding hydrogens is 236 g/mol. The van der Waals surface area contributed by atoms with Crippen molar-refractivity contribution < 1.29 is 4.79 Å². The Hall–Kier alpha value is -1.35. The standard InChI is InChI=1S/C16H24N2O/c1-16(2,3)11-18(4)15(19)14-9-12-7-5-6-8-13(12)10-17-14/h5-8,14,17H,9-11H2,1-4H3/t14-/m0/s1. The minimum atomic E-state index is -0.0813. The first-order valence-corrected chi connectivity index (χ1v) is 6.92. The third kappa shape index (κ3) is 3.57. The van der Waals surface area contributed by atoms with Crippen molar-refractivity contribution in [3.05, 3.63) is 35.4 Å². The highest BCUT2D eigenvalue weighted by molar-refractivity contribution is 5.82. The molecule has 0 radical (unpaired) electrons. The third-order valence-corrected chi connectivity index (χ3v) is 3.47. The van der Waals surface area contributed by atoms with Crippen molar-refractivity contribution in [3.8, 4) is 0 Å². The van der Waals surface area contributed by atoms with Crippen LogP contribution in [0.15, 0.2) is 24.3 Å². The van der Waals surface area contributed by atoms with Crippen LogP contribution in [0.2, 0.25) is 0 Å². The van der Waals surface area contributed by atoms with Crippen LogP contribution in [0.4, 0.5) is 0 Å². The number of benzene rings is 1. The van der Waals surface area contributed by atoms with Crippen LogP contribution in [-0.4, -0.2) is 30.4 Å². The molecule has 1 atom stereocenters. The van der Waals surface area contributed by atoms with Gasteiger partial charge in [0.05, 0.1) is 6.04 Å². The van der Waals surface area contributed by atoms with Gasteiger partial charge in [-0.3, -0.25) is 4.79 Å². The van der Waals surface area contributed by atoms with Gasteiger partial charge in [0, 0.05) is 20.1 Å². The first-order valence-electron chi connectivity index (χ1n) is 6.92. The van der Waals surface area contributed by atoms with E-state index in [4.69, 9.17) is 0 Å². The Kier molecular flexibility index (Phi) is 3.95. The molecule has 0 saturated carbocycles. The molecule has 104 valence electrons. The Morgan fingerprint density at radius 2 is 1.95 bits per heavy atom. The summed E-state index contributed by atoms with van der Waals surface area (Å²) in [4.78, 5) is 14.3. The molecule has 19 heavy (non-hydrogen) atoms. The number of carbonyl (C=O) groups is 1. The molecule has 0 aromatic heterocycles. The Labute approximate surface area is 116 Å². The fraction of sp³-hybridized carbons (Fsp3) is 0.562. The van der Waals surface area contributed by atoms with Crippen molar-refractivity contribution >= 4 is 5.91 Å². The predicted octanol–water partition coefficient (Wildman–Crippen LogP) is 2.21. The van der Waals surface area contributed by atoms with E-state index in [0.717, 1.165) is 19.5 Å². The monoisotopic (exact) mass is 260 g/mol. The molecule has 1 heterocycles. The molecule has 1 aromatic rings. The number of fused-ring (bicyclic) bond motifs is 1. The molecule has 3 heteroatoms. The minimum Gasteiger partial charge on any atom is -0.344 e. The van der Waals surface area contributed by atoms with Gasteiger partial charge in [0.1, 0.15) is 0 Å². The van der Waals surface area contributed by atoms with E-state index in [2.05, 4.69) is 38.2 Å². The van der Waals surface area contributed by atoms with Crippen LogP contribution >= 0.6 is 0 Å². The summed E-state index contributed by atoms with van der Waals surface area (Å²) >= 11 is 0. The molecule has 1 amide bonds. The van der Waals surface area contributed by atoms with E-state index >= 15 is 0 Å². The van der Waals surface area contributed by atoms with Crippen LogP contribution in [0.1, 0.15) is 31.9 Å². The topological polar surface area (TPSA) is 32.3 Å². The number of nitrogens with zero attached hydrogens (tertiary/aromatic N) is 1. The normalized spacial score (nSPS) is 18.8. The number of rotatable bonds is 2. The molecule has 0 unspecified atom stereocenters. The van der Waals surface area contributed by atoms with Crippen LogP contribution < -0.4 is 5.32 Å². The van der Waals surface area contributed by atoms with Crippen molar-refractivity contribution in [3.63, 3.8) is 0 Å². The number of hydrogen-bond donors (Lipinski definition) is 1. The highest BCUT2D eigenvalue weighted by Gasteiger charge is 2.27. The third-order valence-electron chi connectivity index (χ3n) is 3.47. The molecule has 0 saturated heterocycles. The molecule has 1 aliphatic rings. The zero-order valence-corrected chi connectivity index (χ0v) is 12.4. The summed E-state index contributed by atoms with van der Waals surface area (Å²) in [6.45, 7) is 8.03. The van der Waals surface area contributed by atoms with E-state index in [1.54, 1.807) is 0 Å². The van der Waals surface area contributed by atoms with Crippen molar-refractivity contribution in [1.82, 2.24) is 10.2 Å². The summed E-state index contributed by atoms with van der Waals surface area (Å²) < 4.78 is 0. The Morgan fingerprint density at radius 1 is 1.32 bits per heavy atom. The van der Waals surface area contributed by atoms with Crippen LogP contribution in [-0.2, 0) is 17.8 Å². The van der Waals surface area contributed by atoms with Gasteiger partial charge in [-0.05, 0) is 23.0 Å². The lowest BCUT2D eigenvalue weighted by molar-refractivity contribution is -0.133. The molecule has 1 aliphatic heterocycles. The van der Waals surface area contributed by atoms with Gasteiger partial charge in [-0.2, -0.15) is 0 Å². The number of amides is 1. The van der Waals surface area contributed by atoms with Gasteiger partial charge >= 0.3 is 0 Å². The molecule has 0 spiro atoms. The van der Waals surface area contributed by atoms with Crippen molar-refractivity contribution in [1.29, 1.82) is 0 Å². The van der Waals surface area contributed by atoms with Crippen LogP contribution in [0.25, 0.3) is 0 Å². The molecule has 1 aromatic carbocycles. The maximum absolute atomic E-state index is 12.4. The second kappa shape index (κ2) is 5.33. The average molecular weight is 260 g/mol. The summed E-state index contributed by atoms with van der Waals surface area (Å²) in [5, 5.41) is 3.35. The molecule has 0 bridgehead atoms. The second-order valence-electron chi connectivity index (χ2n) is 6.66. The van der Waals surface area contributed by atoms with E-state index in [-0.39, 0.29) is 17.4 Å². The molecule has 3 nitrogen and oxygen atoms in total. The summed E-state index contributed by atoms with van der Waals surface area (Å²) in [5.41, 5.74) is 2.74. The van der Waals surface area contributed by atoms with Crippen LogP contribution in [0.3, 0.4) is 0 Å². The van der Waals surface area contributed by atoms with Crippen molar-refractivity contribution in [2.24, 2.45) is 5.41 Å². The number of hydrogen-bond acceptors (Lipinski definition) is 2. The summed E-state index contributed by atoms with van der Waals surface area (Å²) in [6, 6.07) is 8.27. The lowest BCUT2D eigenvalue weighted by Gasteiger charge is -2.32. The van der Waals surface area contributed by atoms with E-state index in [1.807, 2.05) is 24.1 Å². The highest BCUT2D eigenvalue weighted by atomic mass is 16.2. The molecule has 0 fully saturated rings. The lowest BCUT2D eigenvalue weighted by atomic mass is 9.93. The number of likely N-dealkylation sites (N-methyl/N-ethyl adjacent to an activating group) is 1. The maximum Gasteiger partial charge on any atom is 0.239 e. The summed E-state index contributed by atoms with van der Waals surface area (Å²) in [5.74, 6) is 0.199. The SMILES string of the molecule is CN(CC(C)(C)C)C(=O)[C@@H]1Cc2ccccc2CN1. The van der Waals surface area contributed by atoms with Gasteiger partial charge < -0.3 is 10.2 Å². The minimum absolute atomic E-state index is 0.0813. The molecule has 0 aliphatic carbocycles. The predicted molar refractivity (Wildman–Crippen MR) is 77.9 cm³/mol. The van der Waals surface area contributed by atoms with Crippen molar-refractivity contribution in [2.75, 3.05) is 13.6 Å². The fourth-order valence-corrected chi connectivity index (χ4v) is 2.68. The van der Waals surface area contributed by atoms with Gasteiger partial charge in [0.2, 0.25) is 5.91 Å². The summed E-state index contributed by atoms with van der Waals surface area (Å²) in [6.07, 6.45) is 0.795. The Balaban J connectivity index is 2.03. The van der Waals surface area contributed by atoms with Crippen molar-refractivity contribution in [2.45, 2.75) is 39.8 Å². The smallest absolute Gasteiger partial charge is 0.239 e. The highest BCUT2D eigenvalue weighted by Crippen LogP contribution is 2.19. The lowest BCUT2D eigenvalue weighted by Crippen LogP contribution is -2.49. The Morgan fingerprint density at radius 3 is 2.58 bits per heavy atom. The zero-order chi connectivity index (χ0) is 14.0. The molecule has 1 N–H and O–H groups in total. The van der Waals surface area contributed by atoms with Gasteiger partial charge in [0.25, 0.3) is 0 Å². The largest absolute Gasteiger partial charge is 0.344 e. The van der Waals surface area contributed by atoms with Crippen LogP contribution in [0, 0.1) is 5.41 Å². The van der Waals surface area contributed by atoms with Gasteiger partial charge in [0.15, 0.2) is 0 Å².